The first-order chi connectivity index (χ1) is 8.80. The normalized spacial score (nSPS) is 22.2. The SMILES string of the molecule is CC1CS(=O)(=O)CCN1c1ccc(N)c(C(N)=O)c1. The van der Waals surface area contributed by atoms with Gasteiger partial charge in [-0.2, -0.15) is 0 Å². The Morgan fingerprint density at radius 3 is 2.68 bits per heavy atom. The Morgan fingerprint density at radius 1 is 1.42 bits per heavy atom. The van der Waals surface area contributed by atoms with E-state index in [0.29, 0.717) is 12.2 Å². The molecule has 1 amide bonds. The molecule has 104 valence electrons. The third kappa shape index (κ3) is 2.81. The third-order valence-electron chi connectivity index (χ3n) is 3.30. The molecule has 1 aliphatic rings. The van der Waals surface area contributed by atoms with E-state index in [1.54, 1.807) is 18.2 Å². The molecule has 7 heteroatoms. The largest absolute Gasteiger partial charge is 0.398 e. The Hall–Kier alpha value is -1.76. The van der Waals surface area contributed by atoms with Crippen LogP contribution in [0.5, 0.6) is 0 Å². The van der Waals surface area contributed by atoms with Gasteiger partial charge in [-0.15, -0.1) is 0 Å². The maximum absolute atomic E-state index is 11.5. The predicted molar refractivity (Wildman–Crippen MR) is 74.8 cm³/mol. The first kappa shape index (κ1) is 13.7. The van der Waals surface area contributed by atoms with Gasteiger partial charge in [0.2, 0.25) is 0 Å². The molecular formula is C12H17N3O3S. The number of nitrogens with zero attached hydrogens (tertiary/aromatic N) is 1. The number of primary amides is 1. The number of benzene rings is 1. The second kappa shape index (κ2) is 4.73. The first-order valence-electron chi connectivity index (χ1n) is 5.96. The highest BCUT2D eigenvalue weighted by atomic mass is 32.2. The summed E-state index contributed by atoms with van der Waals surface area (Å²) in [6, 6.07) is 4.87. The van der Waals surface area contributed by atoms with E-state index in [1.807, 2.05) is 11.8 Å². The lowest BCUT2D eigenvalue weighted by atomic mass is 10.1. The molecule has 1 fully saturated rings. The summed E-state index contributed by atoms with van der Waals surface area (Å²) < 4.78 is 23.1. The van der Waals surface area contributed by atoms with Crippen LogP contribution in [0.3, 0.4) is 0 Å². The molecule has 0 aliphatic carbocycles. The second-order valence-corrected chi connectivity index (χ2v) is 7.02. The van der Waals surface area contributed by atoms with Gasteiger partial charge in [-0.3, -0.25) is 4.79 Å². The van der Waals surface area contributed by atoms with Gasteiger partial charge in [0.1, 0.15) is 0 Å². The zero-order valence-electron chi connectivity index (χ0n) is 10.7. The fraction of sp³-hybridized carbons (Fsp3) is 0.417. The van der Waals surface area contributed by atoms with Crippen molar-refractivity contribution in [3.05, 3.63) is 23.8 Å². The predicted octanol–water partition coefficient (Wildman–Crippen LogP) is -0.00900. The van der Waals surface area contributed by atoms with Gasteiger partial charge in [-0.05, 0) is 25.1 Å². The van der Waals surface area contributed by atoms with E-state index in [2.05, 4.69) is 0 Å². The summed E-state index contributed by atoms with van der Waals surface area (Å²) in [5.74, 6) is -0.353. The average Bonchev–Trinajstić information content (AvgIpc) is 2.29. The monoisotopic (exact) mass is 283 g/mol. The Kier molecular flexibility index (Phi) is 3.40. The number of sulfone groups is 1. The zero-order chi connectivity index (χ0) is 14.2. The Bertz CT molecular complexity index is 613. The van der Waals surface area contributed by atoms with E-state index in [-0.39, 0.29) is 23.1 Å². The number of nitrogens with two attached hydrogens (primary N) is 2. The summed E-state index contributed by atoms with van der Waals surface area (Å²) >= 11 is 0. The summed E-state index contributed by atoms with van der Waals surface area (Å²) in [7, 11) is -2.97. The number of carbonyl (C=O) groups is 1. The number of rotatable bonds is 2. The van der Waals surface area contributed by atoms with Crippen molar-refractivity contribution in [1.29, 1.82) is 0 Å². The van der Waals surface area contributed by atoms with E-state index < -0.39 is 15.7 Å². The molecule has 19 heavy (non-hydrogen) atoms. The lowest BCUT2D eigenvalue weighted by Gasteiger charge is -2.35. The van der Waals surface area contributed by atoms with Crippen molar-refractivity contribution in [1.82, 2.24) is 0 Å². The molecule has 0 spiro atoms. The summed E-state index contributed by atoms with van der Waals surface area (Å²) in [4.78, 5) is 13.2. The van der Waals surface area contributed by atoms with Crippen LogP contribution in [0.2, 0.25) is 0 Å². The van der Waals surface area contributed by atoms with Gasteiger partial charge in [0.25, 0.3) is 5.91 Å². The van der Waals surface area contributed by atoms with Crippen molar-refractivity contribution >= 4 is 27.1 Å². The number of hydrogen-bond acceptors (Lipinski definition) is 5. The third-order valence-corrected chi connectivity index (χ3v) is 5.10. The van der Waals surface area contributed by atoms with Crippen molar-refractivity contribution in [2.75, 3.05) is 28.7 Å². The molecule has 2 rings (SSSR count). The molecule has 1 unspecified atom stereocenters. The van der Waals surface area contributed by atoms with Gasteiger partial charge in [0.15, 0.2) is 9.84 Å². The van der Waals surface area contributed by atoms with E-state index in [9.17, 15) is 13.2 Å². The fourth-order valence-electron chi connectivity index (χ4n) is 2.32. The average molecular weight is 283 g/mol. The van der Waals surface area contributed by atoms with E-state index in [0.717, 1.165) is 5.69 Å². The molecule has 1 atom stereocenters. The van der Waals surface area contributed by atoms with Gasteiger partial charge in [-0.25, -0.2) is 8.42 Å². The molecule has 0 radical (unpaired) electrons. The molecule has 1 heterocycles. The molecule has 6 nitrogen and oxygen atoms in total. The van der Waals surface area contributed by atoms with Crippen LogP contribution in [0.25, 0.3) is 0 Å². The Balaban J connectivity index is 2.33. The highest BCUT2D eigenvalue weighted by molar-refractivity contribution is 7.91. The topological polar surface area (TPSA) is 106 Å². The minimum atomic E-state index is -2.97. The highest BCUT2D eigenvalue weighted by Crippen LogP contribution is 2.25. The van der Waals surface area contributed by atoms with Gasteiger partial charge in [-0.1, -0.05) is 0 Å². The van der Waals surface area contributed by atoms with Crippen molar-refractivity contribution in [2.24, 2.45) is 5.73 Å². The van der Waals surface area contributed by atoms with Crippen LogP contribution < -0.4 is 16.4 Å². The number of hydrogen-bond donors (Lipinski definition) is 2. The van der Waals surface area contributed by atoms with E-state index >= 15 is 0 Å². The van der Waals surface area contributed by atoms with E-state index in [1.165, 1.54) is 0 Å². The molecule has 1 aromatic rings. The summed E-state index contributed by atoms with van der Waals surface area (Å²) in [6.45, 7) is 2.25. The summed E-state index contributed by atoms with van der Waals surface area (Å²) in [5, 5.41) is 0. The van der Waals surface area contributed by atoms with Crippen molar-refractivity contribution in [3.63, 3.8) is 0 Å². The Morgan fingerprint density at radius 2 is 2.11 bits per heavy atom. The molecular weight excluding hydrogens is 266 g/mol. The van der Waals surface area contributed by atoms with Gasteiger partial charge in [0.05, 0.1) is 17.1 Å². The maximum Gasteiger partial charge on any atom is 0.250 e. The van der Waals surface area contributed by atoms with Crippen LogP contribution in [0.4, 0.5) is 11.4 Å². The summed E-state index contributed by atoms with van der Waals surface area (Å²) in [5.41, 5.74) is 12.3. The standard InChI is InChI=1S/C12H17N3O3S/c1-8-7-19(17,18)5-4-15(8)9-2-3-11(13)10(6-9)12(14)16/h2-3,6,8H,4-5,7,13H2,1H3,(H2,14,16). The lowest BCUT2D eigenvalue weighted by Crippen LogP contribution is -2.47. The number of nitrogen functional groups attached to an aromatic ring is 1. The highest BCUT2D eigenvalue weighted by Gasteiger charge is 2.28. The molecule has 1 saturated heterocycles. The van der Waals surface area contributed by atoms with Crippen LogP contribution in [-0.4, -0.2) is 38.4 Å². The number of amides is 1. The van der Waals surface area contributed by atoms with E-state index in [4.69, 9.17) is 11.5 Å². The van der Waals surface area contributed by atoms with Gasteiger partial charge >= 0.3 is 0 Å². The molecule has 0 saturated carbocycles. The fourth-order valence-corrected chi connectivity index (χ4v) is 3.87. The van der Waals surface area contributed by atoms with Crippen LogP contribution in [0.15, 0.2) is 18.2 Å². The minimum Gasteiger partial charge on any atom is -0.398 e. The Labute approximate surface area is 112 Å². The van der Waals surface area contributed by atoms with Gasteiger partial charge in [0, 0.05) is 24.0 Å². The maximum atomic E-state index is 11.5. The molecule has 4 N–H and O–H groups in total. The summed E-state index contributed by atoms with van der Waals surface area (Å²) in [6.07, 6.45) is 0. The minimum absolute atomic E-state index is 0.114. The number of anilines is 2. The van der Waals surface area contributed by atoms with Crippen molar-refractivity contribution in [2.45, 2.75) is 13.0 Å². The molecule has 0 bridgehead atoms. The smallest absolute Gasteiger partial charge is 0.250 e. The van der Waals surface area contributed by atoms with Crippen LogP contribution >= 0.6 is 0 Å². The molecule has 1 aromatic carbocycles. The van der Waals surface area contributed by atoms with Crippen molar-refractivity contribution < 1.29 is 13.2 Å². The molecule has 1 aliphatic heterocycles. The molecule has 0 aromatic heterocycles. The van der Waals surface area contributed by atoms with Crippen LogP contribution in [-0.2, 0) is 9.84 Å². The quantitative estimate of drug-likeness (QED) is 0.742. The lowest BCUT2D eigenvalue weighted by molar-refractivity contribution is 0.100. The zero-order valence-corrected chi connectivity index (χ0v) is 11.5. The number of carbonyl (C=O) groups excluding carboxylic acids is 1. The van der Waals surface area contributed by atoms with Crippen LogP contribution in [0, 0.1) is 0 Å². The van der Waals surface area contributed by atoms with Crippen LogP contribution in [0.1, 0.15) is 17.3 Å². The van der Waals surface area contributed by atoms with Gasteiger partial charge < -0.3 is 16.4 Å². The van der Waals surface area contributed by atoms with Crippen molar-refractivity contribution in [3.8, 4) is 0 Å². The first-order valence-corrected chi connectivity index (χ1v) is 7.79. The second-order valence-electron chi connectivity index (χ2n) is 4.79.